The van der Waals surface area contributed by atoms with Gasteiger partial charge in [-0.05, 0) is 97.4 Å². The van der Waals surface area contributed by atoms with Crippen LogP contribution < -0.4 is 46.4 Å². The Bertz CT molecular complexity index is 2710. The topological polar surface area (TPSA) is 242 Å². The van der Waals surface area contributed by atoms with Gasteiger partial charge in [-0.25, -0.2) is 4.79 Å². The highest BCUT2D eigenvalue weighted by atomic mass is 16.5. The van der Waals surface area contributed by atoms with Crippen LogP contribution in [0.5, 0.6) is 23.0 Å². The SMILES string of the molecule is COc1cc2c(cc1OCCCCCOc1cc3c(cc1OC)C(=O)N1Cc4cc(NC(=O)[C@H](CCCNC(N)=O)NC(=O)[C@@H](N)C(C)C)ccc4C[C@@H]1C=N3)N=C[C@@H]1Cc3ccccc3CN1C2=O. The fraction of sp³-hybridized carbons (Fsp3) is 0.404. The largest absolute Gasteiger partial charge is 0.493 e. The van der Waals surface area contributed by atoms with Crippen molar-refractivity contribution in [2.45, 2.75) is 96.1 Å². The number of hydrogen-bond donors (Lipinski definition) is 5. The number of methoxy groups -OCH3 is 2. The van der Waals surface area contributed by atoms with E-state index in [4.69, 9.17) is 40.4 Å². The second kappa shape index (κ2) is 21.9. The first kappa shape index (κ1) is 49.0. The first-order chi connectivity index (χ1) is 33.8. The minimum atomic E-state index is -0.924. The van der Waals surface area contributed by atoms with E-state index in [1.54, 1.807) is 48.6 Å². The number of carbonyl (C=O) groups excluding carboxylic acids is 5. The van der Waals surface area contributed by atoms with Crippen molar-refractivity contribution in [3.8, 4) is 23.0 Å². The molecule has 7 N–H and O–H groups in total. The van der Waals surface area contributed by atoms with Crippen molar-refractivity contribution in [3.63, 3.8) is 0 Å². The fourth-order valence-electron chi connectivity index (χ4n) is 9.12. The molecule has 0 aromatic heterocycles. The zero-order valence-corrected chi connectivity index (χ0v) is 40.0. The highest BCUT2D eigenvalue weighted by Gasteiger charge is 2.35. The molecule has 0 spiro atoms. The van der Waals surface area contributed by atoms with E-state index in [1.165, 1.54) is 12.7 Å². The Kier molecular flexibility index (Phi) is 15.3. The number of nitrogens with zero attached hydrogens (tertiary/aromatic N) is 4. The van der Waals surface area contributed by atoms with Crippen LogP contribution in [-0.2, 0) is 35.5 Å². The zero-order chi connectivity index (χ0) is 49.5. The molecule has 6 amide bonds. The number of rotatable bonds is 19. The van der Waals surface area contributed by atoms with E-state index in [-0.39, 0.29) is 49.3 Å². The van der Waals surface area contributed by atoms with E-state index in [1.807, 2.05) is 49.2 Å². The summed E-state index contributed by atoms with van der Waals surface area (Å²) < 4.78 is 23.8. The van der Waals surface area contributed by atoms with Gasteiger partial charge in [0.05, 0.1) is 68.1 Å². The number of urea groups is 1. The van der Waals surface area contributed by atoms with Crippen molar-refractivity contribution in [1.29, 1.82) is 0 Å². The molecule has 4 aromatic rings. The fourth-order valence-corrected chi connectivity index (χ4v) is 9.12. The first-order valence-corrected chi connectivity index (χ1v) is 23.8. The number of benzene rings is 4. The minimum absolute atomic E-state index is 0.0852. The Labute approximate surface area is 407 Å². The van der Waals surface area contributed by atoms with E-state index in [9.17, 15) is 24.0 Å². The van der Waals surface area contributed by atoms with Gasteiger partial charge in [-0.15, -0.1) is 0 Å². The molecule has 4 aromatic carbocycles. The quantitative estimate of drug-likeness (QED) is 0.0713. The Morgan fingerprint density at radius 1 is 0.700 bits per heavy atom. The van der Waals surface area contributed by atoms with Crippen LogP contribution in [0.15, 0.2) is 76.7 Å². The summed E-state index contributed by atoms with van der Waals surface area (Å²) >= 11 is 0. The highest BCUT2D eigenvalue weighted by Crippen LogP contribution is 2.40. The van der Waals surface area contributed by atoms with E-state index in [2.05, 4.69) is 28.1 Å². The van der Waals surface area contributed by atoms with Crippen molar-refractivity contribution >= 4 is 59.2 Å². The van der Waals surface area contributed by atoms with E-state index >= 15 is 0 Å². The minimum Gasteiger partial charge on any atom is -0.493 e. The van der Waals surface area contributed by atoms with E-state index in [0.29, 0.717) is 90.2 Å². The van der Waals surface area contributed by atoms with Crippen LogP contribution in [0, 0.1) is 5.92 Å². The summed E-state index contributed by atoms with van der Waals surface area (Å²) in [7, 11) is 3.09. The second-order valence-corrected chi connectivity index (χ2v) is 18.3. The third-order valence-corrected chi connectivity index (χ3v) is 13.2. The molecule has 0 saturated heterocycles. The summed E-state index contributed by atoms with van der Waals surface area (Å²) in [5, 5.41) is 8.18. The third-order valence-electron chi connectivity index (χ3n) is 13.2. The van der Waals surface area contributed by atoms with Crippen LogP contribution in [0.2, 0.25) is 0 Å². The van der Waals surface area contributed by atoms with Gasteiger partial charge in [0.25, 0.3) is 11.8 Å². The van der Waals surface area contributed by atoms with Crippen LogP contribution in [0.4, 0.5) is 21.9 Å². The smallest absolute Gasteiger partial charge is 0.312 e. The number of ether oxygens (including phenoxy) is 4. The van der Waals surface area contributed by atoms with E-state index in [0.717, 1.165) is 36.0 Å². The van der Waals surface area contributed by atoms with E-state index < -0.39 is 29.9 Å². The lowest BCUT2D eigenvalue weighted by Crippen LogP contribution is -2.51. The molecule has 8 rings (SSSR count). The Morgan fingerprint density at radius 3 is 1.81 bits per heavy atom. The number of aliphatic imine (C=N–C) groups is 2. The Morgan fingerprint density at radius 2 is 1.26 bits per heavy atom. The standard InChI is InChI=1S/C52H61N9O9/c1-30(2)47(53)49(63)59-40(13-10-16-55-52(54)66)48(62)58-35-15-14-32-21-37-27-57-42-25-46(44(68-4)23-39(42)51(65)61(37)29-34(32)19-35)70-18-9-5-8-17-69-45-24-41-38(22-43(45)67-3)50(64)60-28-33-12-7-6-11-31(33)20-36(60)26-56-41/h6-7,11-12,14-15,19,22-27,30,36-37,40,47H,5,8-10,13,16-18,20-21,28-29,53H2,1-4H3,(H,58,62)(H,59,63)(H3,54,55,66)/t36-,37+,40-,47-/m0/s1. The number of nitrogens with one attached hydrogen (secondary N) is 3. The average Bonchev–Trinajstić information content (AvgIpc) is 3.57. The summed E-state index contributed by atoms with van der Waals surface area (Å²) in [5.41, 5.74) is 17.9. The number of fused-ring (bicyclic) bond motifs is 6. The summed E-state index contributed by atoms with van der Waals surface area (Å²) in [6.45, 7) is 5.47. The highest BCUT2D eigenvalue weighted by molar-refractivity contribution is 6.05. The molecular weight excluding hydrogens is 895 g/mol. The van der Waals surface area contributed by atoms with Crippen molar-refractivity contribution in [3.05, 3.63) is 100 Å². The Hall–Kier alpha value is -7.47. The summed E-state index contributed by atoms with van der Waals surface area (Å²) in [4.78, 5) is 78.7. The molecule has 0 unspecified atom stereocenters. The van der Waals surface area contributed by atoms with Crippen LogP contribution in [0.3, 0.4) is 0 Å². The number of amides is 6. The molecule has 0 aliphatic carbocycles. The maximum atomic E-state index is 14.2. The molecule has 18 heteroatoms. The molecular formula is C52H61N9O9. The molecule has 4 aliphatic heterocycles. The number of anilines is 1. The molecule has 4 aliphatic rings. The van der Waals surface area contributed by atoms with Crippen LogP contribution >= 0.6 is 0 Å². The maximum Gasteiger partial charge on any atom is 0.312 e. The van der Waals surface area contributed by atoms with Crippen molar-refractivity contribution in [2.75, 3.05) is 39.3 Å². The van der Waals surface area contributed by atoms with Gasteiger partial charge in [0, 0.05) is 49.9 Å². The van der Waals surface area contributed by atoms with Gasteiger partial charge >= 0.3 is 6.03 Å². The lowest BCUT2D eigenvalue weighted by molar-refractivity contribution is -0.128. The van der Waals surface area contributed by atoms with Gasteiger partial charge in [-0.2, -0.15) is 0 Å². The lowest BCUT2D eigenvalue weighted by atomic mass is 9.93. The third kappa shape index (κ3) is 11.0. The number of carbonyl (C=O) groups is 5. The monoisotopic (exact) mass is 955 g/mol. The summed E-state index contributed by atoms with van der Waals surface area (Å²) in [6.07, 6.45) is 7.73. The van der Waals surface area contributed by atoms with Gasteiger partial charge in [-0.1, -0.05) is 44.2 Å². The van der Waals surface area contributed by atoms with Crippen LogP contribution in [0.25, 0.3) is 0 Å². The van der Waals surface area contributed by atoms with Gasteiger partial charge in [-0.3, -0.25) is 29.2 Å². The molecule has 0 fully saturated rings. The van der Waals surface area contributed by atoms with Crippen LogP contribution in [-0.4, -0.2) is 110 Å². The zero-order valence-electron chi connectivity index (χ0n) is 40.0. The number of unbranched alkanes of at least 4 members (excludes halogenated alkanes) is 2. The molecule has 0 saturated carbocycles. The number of primary amides is 1. The van der Waals surface area contributed by atoms with Crippen molar-refractivity contribution in [1.82, 2.24) is 20.4 Å². The molecule has 4 atom stereocenters. The summed E-state index contributed by atoms with van der Waals surface area (Å²) in [6, 6.07) is 17.8. The maximum absolute atomic E-state index is 14.2. The lowest BCUT2D eigenvalue weighted by Gasteiger charge is -2.34. The van der Waals surface area contributed by atoms with Gasteiger partial charge in [0.1, 0.15) is 6.04 Å². The predicted octanol–water partition coefficient (Wildman–Crippen LogP) is 5.75. The first-order valence-electron chi connectivity index (χ1n) is 23.8. The second-order valence-electron chi connectivity index (χ2n) is 18.3. The Balaban J connectivity index is 0.848. The van der Waals surface area contributed by atoms with Crippen molar-refractivity contribution in [2.24, 2.45) is 27.4 Å². The van der Waals surface area contributed by atoms with Gasteiger partial charge < -0.3 is 56.2 Å². The molecule has 70 heavy (non-hydrogen) atoms. The number of nitrogens with two attached hydrogens (primary N) is 2. The summed E-state index contributed by atoms with van der Waals surface area (Å²) in [5.74, 6) is 0.527. The van der Waals surface area contributed by atoms with Gasteiger partial charge in [0.15, 0.2) is 23.0 Å². The predicted molar refractivity (Wildman–Crippen MR) is 265 cm³/mol. The molecule has 0 radical (unpaired) electrons. The molecule has 4 heterocycles. The molecule has 18 nitrogen and oxygen atoms in total. The normalized spacial score (nSPS) is 17.3. The van der Waals surface area contributed by atoms with Crippen molar-refractivity contribution < 1.29 is 42.9 Å². The van der Waals surface area contributed by atoms with Gasteiger partial charge in [0.2, 0.25) is 11.8 Å². The average molecular weight is 956 g/mol. The van der Waals surface area contributed by atoms with Crippen LogP contribution in [0.1, 0.15) is 88.9 Å². The molecule has 368 valence electrons. The molecule has 0 bridgehead atoms. The number of hydrogen-bond acceptors (Lipinski definition) is 12.